The van der Waals surface area contributed by atoms with Crippen LogP contribution in [-0.4, -0.2) is 23.5 Å². The molecule has 0 saturated heterocycles. The lowest BCUT2D eigenvalue weighted by molar-refractivity contribution is -0.137. The Bertz CT molecular complexity index is 454. The Labute approximate surface area is 110 Å². The number of unbranched alkanes of at least 4 members (excludes halogenated alkanes) is 1. The summed E-state index contributed by atoms with van der Waals surface area (Å²) in [5.74, 6) is -1.40. The number of carbonyl (C=O) groups is 2. The second-order valence-corrected chi connectivity index (χ2v) is 4.03. The molecule has 0 unspecified atom stereocenters. The van der Waals surface area contributed by atoms with E-state index < -0.39 is 5.97 Å². The second-order valence-electron chi connectivity index (χ2n) is 4.03. The van der Waals surface area contributed by atoms with Crippen molar-refractivity contribution < 1.29 is 19.1 Å². The number of halogens is 1. The van der Waals surface area contributed by atoms with Gasteiger partial charge in [-0.3, -0.25) is 9.59 Å². The molecule has 0 atom stereocenters. The van der Waals surface area contributed by atoms with E-state index in [1.54, 1.807) is 18.2 Å². The van der Waals surface area contributed by atoms with Crippen LogP contribution in [0.5, 0.6) is 0 Å². The highest BCUT2D eigenvalue weighted by molar-refractivity contribution is 5.91. The number of aliphatic carboxylic acids is 1. The third-order valence-electron chi connectivity index (χ3n) is 2.41. The summed E-state index contributed by atoms with van der Waals surface area (Å²) >= 11 is 0. The Morgan fingerprint density at radius 2 is 1.89 bits per heavy atom. The van der Waals surface area contributed by atoms with Crippen LogP contribution in [0.15, 0.2) is 30.3 Å². The topological polar surface area (TPSA) is 66.4 Å². The molecule has 0 spiro atoms. The summed E-state index contributed by atoms with van der Waals surface area (Å²) in [6, 6.07) is 5.80. The first kappa shape index (κ1) is 14.9. The molecule has 102 valence electrons. The molecule has 0 radical (unpaired) electrons. The largest absolute Gasteiger partial charge is 0.481 e. The molecular formula is C14H16FNO3. The molecular weight excluding hydrogens is 249 g/mol. The molecule has 0 saturated carbocycles. The lowest BCUT2D eigenvalue weighted by Crippen LogP contribution is -2.22. The molecule has 0 aliphatic rings. The normalized spacial score (nSPS) is 10.6. The van der Waals surface area contributed by atoms with E-state index in [0.717, 1.165) is 5.56 Å². The van der Waals surface area contributed by atoms with Crippen LogP contribution in [0.3, 0.4) is 0 Å². The van der Waals surface area contributed by atoms with Crippen LogP contribution in [0.4, 0.5) is 4.39 Å². The summed E-state index contributed by atoms with van der Waals surface area (Å²) in [6.45, 7) is 0.444. The lowest BCUT2D eigenvalue weighted by atomic mass is 10.2. The van der Waals surface area contributed by atoms with Gasteiger partial charge in [0.1, 0.15) is 5.82 Å². The second kappa shape index (κ2) is 8.02. The van der Waals surface area contributed by atoms with Crippen molar-refractivity contribution in [2.75, 3.05) is 6.54 Å². The Hall–Kier alpha value is -2.17. The van der Waals surface area contributed by atoms with E-state index in [9.17, 15) is 14.0 Å². The fraction of sp³-hybridized carbons (Fsp3) is 0.286. The highest BCUT2D eigenvalue weighted by Gasteiger charge is 1.98. The number of hydrogen-bond donors (Lipinski definition) is 2. The predicted octanol–water partition coefficient (Wildman–Crippen LogP) is 2.21. The van der Waals surface area contributed by atoms with Crippen molar-refractivity contribution in [1.29, 1.82) is 0 Å². The monoisotopic (exact) mass is 265 g/mol. The molecule has 5 heteroatoms. The molecule has 0 heterocycles. The molecule has 0 bridgehead atoms. The molecule has 0 aliphatic heterocycles. The van der Waals surface area contributed by atoms with Gasteiger partial charge in [-0.05, 0) is 36.6 Å². The number of rotatable bonds is 7. The van der Waals surface area contributed by atoms with Gasteiger partial charge in [0, 0.05) is 19.0 Å². The van der Waals surface area contributed by atoms with Crippen LogP contribution < -0.4 is 5.32 Å². The molecule has 0 aromatic heterocycles. The van der Waals surface area contributed by atoms with Crippen LogP contribution in [-0.2, 0) is 9.59 Å². The summed E-state index contributed by atoms with van der Waals surface area (Å²) in [6.07, 6.45) is 4.23. The molecule has 1 aromatic carbocycles. The molecule has 4 nitrogen and oxygen atoms in total. The van der Waals surface area contributed by atoms with Gasteiger partial charge in [0.2, 0.25) is 5.91 Å². The number of nitrogens with one attached hydrogen (secondary N) is 1. The van der Waals surface area contributed by atoms with E-state index >= 15 is 0 Å². The molecule has 1 amide bonds. The van der Waals surface area contributed by atoms with Gasteiger partial charge in [0.15, 0.2) is 0 Å². The number of carboxylic acid groups (broad SMARTS) is 1. The third-order valence-corrected chi connectivity index (χ3v) is 2.41. The van der Waals surface area contributed by atoms with Gasteiger partial charge in [0.25, 0.3) is 0 Å². The number of carboxylic acids is 1. The molecule has 0 fully saturated rings. The van der Waals surface area contributed by atoms with Gasteiger partial charge in [-0.25, -0.2) is 4.39 Å². The van der Waals surface area contributed by atoms with Gasteiger partial charge in [-0.1, -0.05) is 12.1 Å². The van der Waals surface area contributed by atoms with Crippen molar-refractivity contribution in [2.24, 2.45) is 0 Å². The highest BCUT2D eigenvalue weighted by Crippen LogP contribution is 2.04. The maximum Gasteiger partial charge on any atom is 0.303 e. The number of benzene rings is 1. The predicted molar refractivity (Wildman–Crippen MR) is 69.9 cm³/mol. The summed E-state index contributed by atoms with van der Waals surface area (Å²) in [5.41, 5.74) is 0.738. The van der Waals surface area contributed by atoms with E-state index in [1.807, 2.05) is 0 Å². The van der Waals surface area contributed by atoms with Crippen molar-refractivity contribution in [2.45, 2.75) is 19.3 Å². The lowest BCUT2D eigenvalue weighted by Gasteiger charge is -2.00. The van der Waals surface area contributed by atoms with Crippen molar-refractivity contribution in [3.63, 3.8) is 0 Å². The SMILES string of the molecule is O=C(O)CCCCNC(=O)C=Cc1ccc(F)cc1. The zero-order valence-corrected chi connectivity index (χ0v) is 10.4. The Kier molecular flexibility index (Phi) is 6.29. The Balaban J connectivity index is 2.23. The quantitative estimate of drug-likeness (QED) is 0.586. The summed E-state index contributed by atoms with van der Waals surface area (Å²) in [5, 5.41) is 11.1. The van der Waals surface area contributed by atoms with Crippen LogP contribution in [0.1, 0.15) is 24.8 Å². The van der Waals surface area contributed by atoms with Crippen molar-refractivity contribution >= 4 is 18.0 Å². The number of hydrogen-bond acceptors (Lipinski definition) is 2. The Morgan fingerprint density at radius 3 is 2.53 bits per heavy atom. The first-order valence-electron chi connectivity index (χ1n) is 6.01. The first-order valence-corrected chi connectivity index (χ1v) is 6.01. The first-order chi connectivity index (χ1) is 9.08. The van der Waals surface area contributed by atoms with E-state index in [-0.39, 0.29) is 18.1 Å². The average molecular weight is 265 g/mol. The fourth-order valence-corrected chi connectivity index (χ4v) is 1.42. The van der Waals surface area contributed by atoms with Crippen LogP contribution in [0.2, 0.25) is 0 Å². The van der Waals surface area contributed by atoms with Gasteiger partial charge in [-0.15, -0.1) is 0 Å². The van der Waals surface area contributed by atoms with Crippen molar-refractivity contribution in [3.8, 4) is 0 Å². The Morgan fingerprint density at radius 1 is 1.21 bits per heavy atom. The minimum atomic E-state index is -0.831. The maximum atomic E-state index is 12.6. The zero-order chi connectivity index (χ0) is 14.1. The standard InChI is InChI=1S/C14H16FNO3/c15-12-7-4-11(5-8-12)6-9-13(17)16-10-2-1-3-14(18)19/h4-9H,1-3,10H2,(H,16,17)(H,18,19). The minimum Gasteiger partial charge on any atom is -0.481 e. The number of carbonyl (C=O) groups excluding carboxylic acids is 1. The number of amides is 1. The fourth-order valence-electron chi connectivity index (χ4n) is 1.42. The van der Waals surface area contributed by atoms with Gasteiger partial charge in [0.05, 0.1) is 0 Å². The van der Waals surface area contributed by atoms with Gasteiger partial charge >= 0.3 is 5.97 Å². The van der Waals surface area contributed by atoms with E-state index in [4.69, 9.17) is 5.11 Å². The smallest absolute Gasteiger partial charge is 0.303 e. The zero-order valence-electron chi connectivity index (χ0n) is 10.4. The third kappa shape index (κ3) is 6.98. The van der Waals surface area contributed by atoms with Gasteiger partial charge in [-0.2, -0.15) is 0 Å². The average Bonchev–Trinajstić information content (AvgIpc) is 2.37. The minimum absolute atomic E-state index is 0.112. The van der Waals surface area contributed by atoms with Crippen molar-refractivity contribution in [3.05, 3.63) is 41.7 Å². The molecule has 1 rings (SSSR count). The molecule has 1 aromatic rings. The molecule has 2 N–H and O–H groups in total. The summed E-state index contributed by atoms with van der Waals surface area (Å²) in [4.78, 5) is 21.6. The van der Waals surface area contributed by atoms with Crippen LogP contribution in [0.25, 0.3) is 6.08 Å². The van der Waals surface area contributed by atoms with Gasteiger partial charge < -0.3 is 10.4 Å². The van der Waals surface area contributed by atoms with E-state index in [2.05, 4.69) is 5.32 Å². The molecule has 19 heavy (non-hydrogen) atoms. The molecule has 0 aliphatic carbocycles. The summed E-state index contributed by atoms with van der Waals surface area (Å²) in [7, 11) is 0. The maximum absolute atomic E-state index is 12.6. The highest BCUT2D eigenvalue weighted by atomic mass is 19.1. The van der Waals surface area contributed by atoms with E-state index in [1.165, 1.54) is 18.2 Å². The van der Waals surface area contributed by atoms with E-state index in [0.29, 0.717) is 19.4 Å². The van der Waals surface area contributed by atoms with Crippen molar-refractivity contribution in [1.82, 2.24) is 5.32 Å². The van der Waals surface area contributed by atoms with Crippen LogP contribution >= 0.6 is 0 Å². The van der Waals surface area contributed by atoms with Crippen LogP contribution in [0, 0.1) is 5.82 Å². The summed E-state index contributed by atoms with van der Waals surface area (Å²) < 4.78 is 12.6.